The van der Waals surface area contributed by atoms with E-state index < -0.39 is 0 Å². The summed E-state index contributed by atoms with van der Waals surface area (Å²) >= 11 is 0. The Kier molecular flexibility index (Phi) is 2.69. The molecule has 1 heterocycles. The van der Waals surface area contributed by atoms with Gasteiger partial charge in [-0.25, -0.2) is 4.58 Å². The van der Waals surface area contributed by atoms with E-state index in [-0.39, 0.29) is 0 Å². The van der Waals surface area contributed by atoms with E-state index in [9.17, 15) is 0 Å². The SMILES string of the molecule is CC1C=[N+](C(C)C)CC(C)C1. The van der Waals surface area contributed by atoms with Crippen molar-refractivity contribution >= 4 is 6.21 Å². The van der Waals surface area contributed by atoms with Crippen molar-refractivity contribution in [2.75, 3.05) is 6.54 Å². The highest BCUT2D eigenvalue weighted by molar-refractivity contribution is 5.55. The number of rotatable bonds is 1. The summed E-state index contributed by atoms with van der Waals surface area (Å²) in [4.78, 5) is 0. The maximum atomic E-state index is 2.47. The zero-order chi connectivity index (χ0) is 8.43. The Morgan fingerprint density at radius 3 is 2.45 bits per heavy atom. The summed E-state index contributed by atoms with van der Waals surface area (Å²) in [6.07, 6.45) is 3.76. The quantitative estimate of drug-likeness (QED) is 0.509. The smallest absolute Gasteiger partial charge is 0.146 e. The van der Waals surface area contributed by atoms with Crippen LogP contribution in [0.25, 0.3) is 0 Å². The Hall–Kier alpha value is -0.330. The molecule has 0 spiro atoms. The van der Waals surface area contributed by atoms with Crippen molar-refractivity contribution in [3.63, 3.8) is 0 Å². The normalized spacial score (nSPS) is 32.3. The fraction of sp³-hybridized carbons (Fsp3) is 0.900. The molecule has 0 saturated heterocycles. The Morgan fingerprint density at radius 1 is 1.36 bits per heavy atom. The van der Waals surface area contributed by atoms with Gasteiger partial charge >= 0.3 is 0 Å². The average Bonchev–Trinajstić information content (AvgIpc) is 1.85. The fourth-order valence-corrected chi connectivity index (χ4v) is 1.90. The monoisotopic (exact) mass is 154 g/mol. The molecule has 2 unspecified atom stereocenters. The second-order valence-corrected chi connectivity index (χ2v) is 4.26. The molecule has 1 heteroatoms. The third kappa shape index (κ3) is 2.32. The van der Waals surface area contributed by atoms with Crippen LogP contribution in [0, 0.1) is 11.8 Å². The first-order valence-corrected chi connectivity index (χ1v) is 4.70. The van der Waals surface area contributed by atoms with Crippen LogP contribution in [0.1, 0.15) is 34.1 Å². The third-order valence-corrected chi connectivity index (χ3v) is 2.41. The Labute approximate surface area is 70.1 Å². The topological polar surface area (TPSA) is 3.01 Å². The fourth-order valence-electron chi connectivity index (χ4n) is 1.90. The molecular weight excluding hydrogens is 134 g/mol. The standard InChI is InChI=1S/C10H20N/c1-8(2)11-6-9(3)5-10(4)7-11/h6,8-10H,5,7H2,1-4H3/q+1. The lowest BCUT2D eigenvalue weighted by atomic mass is 9.94. The van der Waals surface area contributed by atoms with E-state index in [1.165, 1.54) is 13.0 Å². The van der Waals surface area contributed by atoms with Gasteiger partial charge in [-0.15, -0.1) is 0 Å². The van der Waals surface area contributed by atoms with Gasteiger partial charge in [-0.3, -0.25) is 0 Å². The van der Waals surface area contributed by atoms with Crippen LogP contribution in [0.15, 0.2) is 0 Å². The van der Waals surface area contributed by atoms with Crippen molar-refractivity contribution in [2.24, 2.45) is 11.8 Å². The van der Waals surface area contributed by atoms with Crippen LogP contribution < -0.4 is 0 Å². The van der Waals surface area contributed by atoms with Gasteiger partial charge in [-0.1, -0.05) is 13.8 Å². The predicted octanol–water partition coefficient (Wildman–Crippen LogP) is 2.15. The number of hydrogen-bond donors (Lipinski definition) is 0. The highest BCUT2D eigenvalue weighted by atomic mass is 15.0. The van der Waals surface area contributed by atoms with E-state index in [0.717, 1.165) is 11.8 Å². The minimum atomic E-state index is 0.681. The Morgan fingerprint density at radius 2 is 2.00 bits per heavy atom. The summed E-state index contributed by atoms with van der Waals surface area (Å²) in [5.41, 5.74) is 0. The van der Waals surface area contributed by atoms with E-state index in [4.69, 9.17) is 0 Å². The first kappa shape index (κ1) is 8.76. The molecule has 0 saturated carbocycles. The summed E-state index contributed by atoms with van der Waals surface area (Å²) in [6, 6.07) is 0.681. The van der Waals surface area contributed by atoms with Crippen molar-refractivity contribution in [1.82, 2.24) is 0 Å². The van der Waals surface area contributed by atoms with Gasteiger partial charge in [0.05, 0.1) is 0 Å². The van der Waals surface area contributed by atoms with Crippen molar-refractivity contribution in [3.8, 4) is 0 Å². The van der Waals surface area contributed by atoms with Gasteiger partial charge in [-0.2, -0.15) is 0 Å². The second kappa shape index (κ2) is 3.38. The van der Waals surface area contributed by atoms with Crippen LogP contribution in [-0.4, -0.2) is 23.4 Å². The molecule has 0 aromatic rings. The summed E-state index contributed by atoms with van der Waals surface area (Å²) in [5, 5.41) is 0. The van der Waals surface area contributed by atoms with E-state index in [1.54, 1.807) is 0 Å². The lowest BCUT2D eigenvalue weighted by molar-refractivity contribution is -0.566. The summed E-state index contributed by atoms with van der Waals surface area (Å²) < 4.78 is 2.47. The van der Waals surface area contributed by atoms with Crippen molar-refractivity contribution in [2.45, 2.75) is 40.2 Å². The molecule has 0 radical (unpaired) electrons. The van der Waals surface area contributed by atoms with Gasteiger partial charge in [0.1, 0.15) is 18.8 Å². The maximum absolute atomic E-state index is 2.47. The van der Waals surface area contributed by atoms with Gasteiger partial charge in [-0.05, 0) is 20.3 Å². The molecule has 11 heavy (non-hydrogen) atoms. The highest BCUT2D eigenvalue weighted by Crippen LogP contribution is 2.15. The van der Waals surface area contributed by atoms with Crippen LogP contribution in [0.3, 0.4) is 0 Å². The summed E-state index contributed by atoms with van der Waals surface area (Å²) in [7, 11) is 0. The van der Waals surface area contributed by atoms with Gasteiger partial charge < -0.3 is 0 Å². The largest absolute Gasteiger partial charge is 0.237 e. The van der Waals surface area contributed by atoms with Gasteiger partial charge in [0, 0.05) is 11.8 Å². The number of nitrogens with zero attached hydrogens (tertiary/aromatic N) is 1. The van der Waals surface area contributed by atoms with E-state index in [0.29, 0.717) is 6.04 Å². The molecule has 0 fully saturated rings. The highest BCUT2D eigenvalue weighted by Gasteiger charge is 2.23. The lowest BCUT2D eigenvalue weighted by Gasteiger charge is -2.20. The van der Waals surface area contributed by atoms with E-state index in [2.05, 4.69) is 38.5 Å². The zero-order valence-electron chi connectivity index (χ0n) is 8.17. The minimum absolute atomic E-state index is 0.681. The molecule has 64 valence electrons. The van der Waals surface area contributed by atoms with Crippen molar-refractivity contribution in [1.29, 1.82) is 0 Å². The second-order valence-electron chi connectivity index (χ2n) is 4.26. The van der Waals surface area contributed by atoms with Crippen LogP contribution in [0.2, 0.25) is 0 Å². The molecule has 0 aromatic carbocycles. The molecule has 0 aromatic heterocycles. The lowest BCUT2D eigenvalue weighted by Crippen LogP contribution is -2.33. The third-order valence-electron chi connectivity index (χ3n) is 2.41. The molecule has 2 atom stereocenters. The Balaban J connectivity index is 2.64. The van der Waals surface area contributed by atoms with Crippen LogP contribution in [0.4, 0.5) is 0 Å². The first-order chi connectivity index (χ1) is 5.09. The van der Waals surface area contributed by atoms with Crippen LogP contribution >= 0.6 is 0 Å². The summed E-state index contributed by atoms with van der Waals surface area (Å²) in [5.74, 6) is 1.65. The molecule has 0 aliphatic carbocycles. The van der Waals surface area contributed by atoms with E-state index in [1.807, 2.05) is 0 Å². The van der Waals surface area contributed by atoms with Crippen LogP contribution in [-0.2, 0) is 0 Å². The van der Waals surface area contributed by atoms with Gasteiger partial charge in [0.15, 0.2) is 0 Å². The predicted molar refractivity (Wildman–Crippen MR) is 49.3 cm³/mol. The minimum Gasteiger partial charge on any atom is -0.237 e. The molecule has 1 nitrogen and oxygen atoms in total. The molecule has 0 amide bonds. The van der Waals surface area contributed by atoms with Gasteiger partial charge in [0.25, 0.3) is 0 Å². The summed E-state index contributed by atoms with van der Waals surface area (Å²) in [6.45, 7) is 10.4. The number of hydrogen-bond acceptors (Lipinski definition) is 0. The zero-order valence-corrected chi connectivity index (χ0v) is 8.17. The average molecular weight is 154 g/mol. The Bertz CT molecular complexity index is 158. The molecule has 1 aliphatic rings. The van der Waals surface area contributed by atoms with Crippen molar-refractivity contribution < 1.29 is 4.58 Å². The van der Waals surface area contributed by atoms with Crippen molar-refractivity contribution in [3.05, 3.63) is 0 Å². The molecule has 1 aliphatic heterocycles. The molecular formula is C10H20N+. The van der Waals surface area contributed by atoms with Gasteiger partial charge in [0.2, 0.25) is 0 Å². The van der Waals surface area contributed by atoms with Crippen LogP contribution in [0.5, 0.6) is 0 Å². The molecule has 0 N–H and O–H groups in total. The molecule has 1 rings (SSSR count). The molecule has 0 bridgehead atoms. The van der Waals surface area contributed by atoms with E-state index >= 15 is 0 Å². The first-order valence-electron chi connectivity index (χ1n) is 4.70. The maximum Gasteiger partial charge on any atom is 0.146 e.